The minimum Gasteiger partial charge on any atom is -0.326 e. The van der Waals surface area contributed by atoms with Crippen molar-refractivity contribution in [3.63, 3.8) is 0 Å². The van der Waals surface area contributed by atoms with Gasteiger partial charge in [0.1, 0.15) is 5.52 Å². The molecule has 0 unspecified atom stereocenters. The predicted molar refractivity (Wildman–Crippen MR) is 110 cm³/mol. The molecule has 0 radical (unpaired) electrons. The summed E-state index contributed by atoms with van der Waals surface area (Å²) >= 11 is 0. The van der Waals surface area contributed by atoms with Gasteiger partial charge in [0.15, 0.2) is 0 Å². The Labute approximate surface area is 169 Å². The molecule has 0 saturated carbocycles. The van der Waals surface area contributed by atoms with E-state index in [1.165, 1.54) is 4.31 Å². The lowest BCUT2D eigenvalue weighted by atomic mass is 10.2. The van der Waals surface area contributed by atoms with Crippen molar-refractivity contribution in [2.45, 2.75) is 37.6 Å². The molecule has 2 heterocycles. The molecule has 1 saturated heterocycles. The average Bonchev–Trinajstić information content (AvgIpc) is 3.38. The number of carbonyl (C=O) groups excluding carboxylic acids is 1. The lowest BCUT2D eigenvalue weighted by Crippen LogP contribution is -2.27. The molecule has 0 bridgehead atoms. The van der Waals surface area contributed by atoms with Gasteiger partial charge >= 0.3 is 0 Å². The summed E-state index contributed by atoms with van der Waals surface area (Å²) in [5, 5.41) is 11.0. The highest BCUT2D eigenvalue weighted by molar-refractivity contribution is 7.89. The Kier molecular flexibility index (Phi) is 5.33. The lowest BCUT2D eigenvalue weighted by molar-refractivity contribution is -0.116. The van der Waals surface area contributed by atoms with E-state index >= 15 is 0 Å². The third-order valence-corrected chi connectivity index (χ3v) is 6.97. The summed E-state index contributed by atoms with van der Waals surface area (Å²) in [6, 6.07) is 12.4. The topological polar surface area (TPSA) is 97.2 Å². The SMILES string of the molecule is Cc1ccc(NC(=O)CCn2nnc3cc(S(=O)(=O)N4CCCC4)ccc32)cc1. The van der Waals surface area contributed by atoms with Crippen molar-refractivity contribution in [2.75, 3.05) is 18.4 Å². The molecule has 9 heteroatoms. The molecule has 29 heavy (non-hydrogen) atoms. The van der Waals surface area contributed by atoms with Gasteiger partial charge in [0, 0.05) is 25.2 Å². The van der Waals surface area contributed by atoms with Gasteiger partial charge in [-0.2, -0.15) is 4.31 Å². The molecule has 1 aliphatic heterocycles. The van der Waals surface area contributed by atoms with Crippen molar-refractivity contribution in [3.8, 4) is 0 Å². The summed E-state index contributed by atoms with van der Waals surface area (Å²) in [5.74, 6) is -0.120. The maximum absolute atomic E-state index is 12.7. The van der Waals surface area contributed by atoms with Crippen molar-refractivity contribution >= 4 is 32.7 Å². The maximum atomic E-state index is 12.7. The standard InChI is InChI=1S/C20H23N5O3S/c1-15-4-6-16(7-5-15)21-20(26)10-13-25-19-9-8-17(14-18(19)22-23-25)29(27,28)24-11-2-3-12-24/h4-9,14H,2-3,10-13H2,1H3,(H,21,26). The molecule has 3 aromatic rings. The van der Waals surface area contributed by atoms with Crippen LogP contribution in [0.3, 0.4) is 0 Å². The summed E-state index contributed by atoms with van der Waals surface area (Å²) in [6.07, 6.45) is 2.02. The Morgan fingerprint density at radius 1 is 1.10 bits per heavy atom. The number of rotatable bonds is 6. The monoisotopic (exact) mass is 413 g/mol. The van der Waals surface area contributed by atoms with Crippen LogP contribution in [0, 0.1) is 6.92 Å². The van der Waals surface area contributed by atoms with Crippen molar-refractivity contribution in [1.82, 2.24) is 19.3 Å². The predicted octanol–water partition coefficient (Wildman–Crippen LogP) is 2.55. The first-order valence-electron chi connectivity index (χ1n) is 9.63. The maximum Gasteiger partial charge on any atom is 0.243 e. The van der Waals surface area contributed by atoms with E-state index in [9.17, 15) is 13.2 Å². The summed E-state index contributed by atoms with van der Waals surface area (Å²) in [7, 11) is -3.49. The Hall–Kier alpha value is -2.78. The van der Waals surface area contributed by atoms with E-state index in [1.54, 1.807) is 22.9 Å². The van der Waals surface area contributed by atoms with Crippen LogP contribution >= 0.6 is 0 Å². The van der Waals surface area contributed by atoms with E-state index in [0.29, 0.717) is 30.7 Å². The first-order chi connectivity index (χ1) is 13.9. The van der Waals surface area contributed by atoms with Crippen LogP contribution in [0.5, 0.6) is 0 Å². The van der Waals surface area contributed by atoms with E-state index in [0.717, 1.165) is 24.1 Å². The summed E-state index contributed by atoms with van der Waals surface area (Å²) in [4.78, 5) is 12.4. The van der Waals surface area contributed by atoms with Gasteiger partial charge in [0.2, 0.25) is 15.9 Å². The largest absolute Gasteiger partial charge is 0.326 e. The Balaban J connectivity index is 1.45. The Bertz CT molecular complexity index is 1130. The smallest absolute Gasteiger partial charge is 0.243 e. The van der Waals surface area contributed by atoms with E-state index in [4.69, 9.17) is 0 Å². The normalized spacial score (nSPS) is 15.1. The number of hydrogen-bond donors (Lipinski definition) is 1. The van der Waals surface area contributed by atoms with Gasteiger partial charge in [-0.3, -0.25) is 4.79 Å². The minimum absolute atomic E-state index is 0.120. The van der Waals surface area contributed by atoms with Crippen LogP contribution in [0.15, 0.2) is 47.4 Å². The van der Waals surface area contributed by atoms with E-state index in [-0.39, 0.29) is 17.2 Å². The Morgan fingerprint density at radius 2 is 1.83 bits per heavy atom. The van der Waals surface area contributed by atoms with Gasteiger partial charge in [0.05, 0.1) is 17.0 Å². The second kappa shape index (κ2) is 7.92. The number of aromatic nitrogens is 3. The molecular formula is C20H23N5O3S. The molecule has 1 amide bonds. The second-order valence-electron chi connectivity index (χ2n) is 7.24. The molecule has 2 aromatic carbocycles. The average molecular weight is 414 g/mol. The zero-order valence-electron chi connectivity index (χ0n) is 16.2. The molecular weight excluding hydrogens is 390 g/mol. The molecule has 1 aliphatic rings. The first-order valence-corrected chi connectivity index (χ1v) is 11.1. The number of aryl methyl sites for hydroxylation is 2. The van der Waals surface area contributed by atoms with Gasteiger partial charge in [-0.15, -0.1) is 5.10 Å². The number of fused-ring (bicyclic) bond motifs is 1. The van der Waals surface area contributed by atoms with Crippen LogP contribution in [-0.2, 0) is 21.4 Å². The zero-order valence-corrected chi connectivity index (χ0v) is 17.0. The fraction of sp³-hybridized carbons (Fsp3) is 0.350. The van der Waals surface area contributed by atoms with Gasteiger partial charge in [-0.1, -0.05) is 22.9 Å². The van der Waals surface area contributed by atoms with Gasteiger partial charge in [0.25, 0.3) is 0 Å². The highest BCUT2D eigenvalue weighted by Crippen LogP contribution is 2.23. The Morgan fingerprint density at radius 3 is 2.55 bits per heavy atom. The first kappa shape index (κ1) is 19.5. The number of nitrogens with one attached hydrogen (secondary N) is 1. The third-order valence-electron chi connectivity index (χ3n) is 5.07. The molecule has 4 rings (SSSR count). The molecule has 0 aliphatic carbocycles. The molecule has 8 nitrogen and oxygen atoms in total. The summed E-state index contributed by atoms with van der Waals surface area (Å²) in [5.41, 5.74) is 3.08. The van der Waals surface area contributed by atoms with Gasteiger partial charge < -0.3 is 5.32 Å². The number of sulfonamides is 1. The quantitative estimate of drug-likeness (QED) is 0.670. The zero-order chi connectivity index (χ0) is 20.4. The fourth-order valence-corrected chi connectivity index (χ4v) is 4.96. The van der Waals surface area contributed by atoms with E-state index < -0.39 is 10.0 Å². The summed E-state index contributed by atoms with van der Waals surface area (Å²) < 4.78 is 28.6. The van der Waals surface area contributed by atoms with Crippen LogP contribution < -0.4 is 5.32 Å². The van der Waals surface area contributed by atoms with Gasteiger partial charge in [-0.25, -0.2) is 13.1 Å². The second-order valence-corrected chi connectivity index (χ2v) is 9.18. The van der Waals surface area contributed by atoms with Gasteiger partial charge in [-0.05, 0) is 50.1 Å². The molecule has 152 valence electrons. The fourth-order valence-electron chi connectivity index (χ4n) is 3.42. The van der Waals surface area contributed by atoms with Crippen molar-refractivity contribution in [3.05, 3.63) is 48.0 Å². The third kappa shape index (κ3) is 4.15. The van der Waals surface area contributed by atoms with Crippen LogP contribution in [0.2, 0.25) is 0 Å². The number of hydrogen-bond acceptors (Lipinski definition) is 5. The van der Waals surface area contributed by atoms with E-state index in [1.807, 2.05) is 31.2 Å². The number of anilines is 1. The lowest BCUT2D eigenvalue weighted by Gasteiger charge is -2.15. The molecule has 1 aromatic heterocycles. The number of benzene rings is 2. The molecule has 1 fully saturated rings. The molecule has 1 N–H and O–H groups in total. The van der Waals surface area contributed by atoms with Crippen LogP contribution in [0.25, 0.3) is 11.0 Å². The molecule has 0 atom stereocenters. The van der Waals surface area contributed by atoms with E-state index in [2.05, 4.69) is 15.6 Å². The highest BCUT2D eigenvalue weighted by Gasteiger charge is 2.27. The van der Waals surface area contributed by atoms with Crippen molar-refractivity contribution in [1.29, 1.82) is 0 Å². The van der Waals surface area contributed by atoms with Crippen LogP contribution in [0.1, 0.15) is 24.8 Å². The number of amides is 1. The van der Waals surface area contributed by atoms with Crippen LogP contribution in [-0.4, -0.2) is 46.7 Å². The summed E-state index contributed by atoms with van der Waals surface area (Å²) in [6.45, 7) is 3.46. The van der Waals surface area contributed by atoms with Crippen molar-refractivity contribution in [2.24, 2.45) is 0 Å². The number of carbonyl (C=O) groups is 1. The van der Waals surface area contributed by atoms with Crippen LogP contribution in [0.4, 0.5) is 5.69 Å². The van der Waals surface area contributed by atoms with Crippen molar-refractivity contribution < 1.29 is 13.2 Å². The highest BCUT2D eigenvalue weighted by atomic mass is 32.2. The minimum atomic E-state index is -3.49. The number of nitrogens with zero attached hydrogens (tertiary/aromatic N) is 4. The molecule has 0 spiro atoms.